The maximum Gasteiger partial charge on any atom is 0.240 e. The summed E-state index contributed by atoms with van der Waals surface area (Å²) in [6, 6.07) is 4.81. The molecule has 0 aliphatic rings. The number of nitrogens with one attached hydrogen (secondary N) is 1. The highest BCUT2D eigenvalue weighted by atomic mass is 32.2. The molecule has 1 rings (SSSR count). The molecule has 0 unspecified atom stereocenters. The number of unbranched alkanes of at least 4 members (excludes halogenated alkanes) is 3. The Hall–Kier alpha value is -1.07. The Morgan fingerprint density at radius 3 is 2.56 bits per heavy atom. The van der Waals surface area contributed by atoms with Crippen LogP contribution in [0.4, 0.5) is 5.69 Å². The molecule has 102 valence electrons. The van der Waals surface area contributed by atoms with Gasteiger partial charge in [-0.05, 0) is 31.0 Å². The van der Waals surface area contributed by atoms with Gasteiger partial charge >= 0.3 is 0 Å². The topological polar surface area (TPSA) is 72.2 Å². The number of rotatable bonds is 7. The number of anilines is 1. The van der Waals surface area contributed by atoms with Crippen LogP contribution in [0.3, 0.4) is 0 Å². The molecule has 0 spiro atoms. The molecular formula is C13H22N2O2S. The van der Waals surface area contributed by atoms with Crippen molar-refractivity contribution < 1.29 is 8.42 Å². The third-order valence-electron chi connectivity index (χ3n) is 2.88. The average Bonchev–Trinajstić information content (AvgIpc) is 2.32. The Morgan fingerprint density at radius 1 is 1.22 bits per heavy atom. The van der Waals surface area contributed by atoms with Crippen molar-refractivity contribution in [1.82, 2.24) is 4.72 Å². The highest BCUT2D eigenvalue weighted by Gasteiger charge is 2.13. The number of hydrogen-bond donors (Lipinski definition) is 2. The predicted molar refractivity (Wildman–Crippen MR) is 74.9 cm³/mol. The molecule has 1 aromatic carbocycles. The first-order valence-electron chi connectivity index (χ1n) is 6.33. The number of hydrogen-bond acceptors (Lipinski definition) is 3. The van der Waals surface area contributed by atoms with Crippen LogP contribution in [-0.2, 0) is 10.0 Å². The molecule has 0 saturated heterocycles. The van der Waals surface area contributed by atoms with Gasteiger partial charge in [-0.2, -0.15) is 0 Å². The van der Waals surface area contributed by atoms with E-state index in [0.717, 1.165) is 31.2 Å². The van der Waals surface area contributed by atoms with Gasteiger partial charge in [-0.1, -0.05) is 32.3 Å². The van der Waals surface area contributed by atoms with Crippen LogP contribution in [0.5, 0.6) is 0 Å². The maximum absolute atomic E-state index is 12.0. The van der Waals surface area contributed by atoms with E-state index >= 15 is 0 Å². The minimum Gasteiger partial charge on any atom is -0.398 e. The van der Waals surface area contributed by atoms with E-state index in [1.807, 2.05) is 6.92 Å². The van der Waals surface area contributed by atoms with Crippen LogP contribution >= 0.6 is 0 Å². The summed E-state index contributed by atoms with van der Waals surface area (Å²) < 4.78 is 26.5. The number of sulfonamides is 1. The Labute approximate surface area is 110 Å². The molecule has 4 nitrogen and oxygen atoms in total. The second kappa shape index (κ2) is 6.75. The second-order valence-electron chi connectivity index (χ2n) is 4.48. The monoisotopic (exact) mass is 270 g/mol. The molecule has 5 heteroatoms. The van der Waals surface area contributed by atoms with Crippen molar-refractivity contribution in [3.8, 4) is 0 Å². The summed E-state index contributed by atoms with van der Waals surface area (Å²) in [6.45, 7) is 4.46. The molecule has 0 heterocycles. The van der Waals surface area contributed by atoms with Gasteiger partial charge in [0.2, 0.25) is 10.0 Å². The summed E-state index contributed by atoms with van der Waals surface area (Å²) in [5, 5.41) is 0. The average molecular weight is 270 g/mol. The van der Waals surface area contributed by atoms with Gasteiger partial charge < -0.3 is 5.73 Å². The fraction of sp³-hybridized carbons (Fsp3) is 0.538. The van der Waals surface area contributed by atoms with Crippen LogP contribution < -0.4 is 10.5 Å². The standard InChI is InChI=1S/C13H22N2O2S/c1-3-4-5-6-9-15-18(16,17)12-8-7-11(2)13(14)10-12/h7-8,10,15H,3-6,9,14H2,1-2H3. The maximum atomic E-state index is 12.0. The molecule has 0 amide bonds. The lowest BCUT2D eigenvalue weighted by molar-refractivity contribution is 0.573. The minimum atomic E-state index is -3.42. The SMILES string of the molecule is CCCCCCNS(=O)(=O)c1ccc(C)c(N)c1. The first-order chi connectivity index (χ1) is 8.47. The molecule has 0 bridgehead atoms. The van der Waals surface area contributed by atoms with E-state index in [1.165, 1.54) is 6.07 Å². The fourth-order valence-corrected chi connectivity index (χ4v) is 2.74. The highest BCUT2D eigenvalue weighted by Crippen LogP contribution is 2.16. The van der Waals surface area contributed by atoms with Gasteiger partial charge in [0.05, 0.1) is 4.90 Å². The summed E-state index contributed by atoms with van der Waals surface area (Å²) in [5.74, 6) is 0. The van der Waals surface area contributed by atoms with Gasteiger partial charge in [-0.3, -0.25) is 0 Å². The van der Waals surface area contributed by atoms with Crippen LogP contribution in [-0.4, -0.2) is 15.0 Å². The summed E-state index contributed by atoms with van der Waals surface area (Å²) in [7, 11) is -3.42. The molecule has 0 aliphatic carbocycles. The molecule has 0 fully saturated rings. The summed E-state index contributed by atoms with van der Waals surface area (Å²) in [5.41, 5.74) is 7.11. The van der Waals surface area contributed by atoms with Crippen LogP contribution in [0.25, 0.3) is 0 Å². The normalized spacial score (nSPS) is 11.7. The van der Waals surface area contributed by atoms with Gasteiger partial charge in [-0.15, -0.1) is 0 Å². The van der Waals surface area contributed by atoms with Crippen molar-refractivity contribution >= 4 is 15.7 Å². The van der Waals surface area contributed by atoms with Crippen molar-refractivity contribution in [3.05, 3.63) is 23.8 Å². The van der Waals surface area contributed by atoms with E-state index in [1.54, 1.807) is 12.1 Å². The Bertz CT molecular complexity index is 484. The van der Waals surface area contributed by atoms with Crippen LogP contribution in [0.1, 0.15) is 38.2 Å². The lowest BCUT2D eigenvalue weighted by Gasteiger charge is -2.08. The molecule has 1 aromatic rings. The first-order valence-corrected chi connectivity index (χ1v) is 7.81. The zero-order valence-electron chi connectivity index (χ0n) is 11.1. The van der Waals surface area contributed by atoms with Crippen molar-refractivity contribution in [3.63, 3.8) is 0 Å². The molecular weight excluding hydrogens is 248 g/mol. The Balaban J connectivity index is 2.60. The van der Waals surface area contributed by atoms with E-state index in [2.05, 4.69) is 11.6 Å². The Kier molecular flexibility index (Phi) is 5.62. The molecule has 0 aromatic heterocycles. The van der Waals surface area contributed by atoms with Gasteiger partial charge in [0.1, 0.15) is 0 Å². The van der Waals surface area contributed by atoms with E-state index in [-0.39, 0.29) is 4.90 Å². The summed E-state index contributed by atoms with van der Waals surface area (Å²) in [4.78, 5) is 0.237. The van der Waals surface area contributed by atoms with E-state index < -0.39 is 10.0 Å². The molecule has 0 aliphatic heterocycles. The number of nitrogen functional groups attached to an aromatic ring is 1. The van der Waals surface area contributed by atoms with Crippen LogP contribution in [0, 0.1) is 6.92 Å². The van der Waals surface area contributed by atoms with Gasteiger partial charge in [0.15, 0.2) is 0 Å². The van der Waals surface area contributed by atoms with Crippen molar-refractivity contribution in [2.45, 2.75) is 44.4 Å². The molecule has 3 N–H and O–H groups in total. The minimum absolute atomic E-state index is 0.237. The lowest BCUT2D eigenvalue weighted by atomic mass is 10.2. The quantitative estimate of drug-likeness (QED) is 0.590. The first kappa shape index (κ1) is 15.0. The second-order valence-corrected chi connectivity index (χ2v) is 6.24. The fourth-order valence-electron chi connectivity index (χ4n) is 1.63. The lowest BCUT2D eigenvalue weighted by Crippen LogP contribution is -2.24. The summed E-state index contributed by atoms with van der Waals surface area (Å²) in [6.07, 6.45) is 4.20. The van der Waals surface area contributed by atoms with Crippen molar-refractivity contribution in [2.24, 2.45) is 0 Å². The van der Waals surface area contributed by atoms with Gasteiger partial charge in [-0.25, -0.2) is 13.1 Å². The van der Waals surface area contributed by atoms with Crippen molar-refractivity contribution in [2.75, 3.05) is 12.3 Å². The zero-order chi connectivity index (χ0) is 13.6. The van der Waals surface area contributed by atoms with Gasteiger partial charge in [0, 0.05) is 12.2 Å². The third kappa shape index (κ3) is 4.31. The number of aryl methyl sites for hydroxylation is 1. The number of benzene rings is 1. The largest absolute Gasteiger partial charge is 0.398 e. The van der Waals surface area contributed by atoms with E-state index in [0.29, 0.717) is 12.2 Å². The van der Waals surface area contributed by atoms with E-state index in [9.17, 15) is 8.42 Å². The van der Waals surface area contributed by atoms with Gasteiger partial charge in [0.25, 0.3) is 0 Å². The van der Waals surface area contributed by atoms with Crippen LogP contribution in [0.15, 0.2) is 23.1 Å². The van der Waals surface area contributed by atoms with Crippen LogP contribution in [0.2, 0.25) is 0 Å². The smallest absolute Gasteiger partial charge is 0.240 e. The van der Waals surface area contributed by atoms with Crippen molar-refractivity contribution in [1.29, 1.82) is 0 Å². The predicted octanol–water partition coefficient (Wildman–Crippen LogP) is 2.44. The number of nitrogens with two attached hydrogens (primary N) is 1. The molecule has 0 radical (unpaired) electrons. The highest BCUT2D eigenvalue weighted by molar-refractivity contribution is 7.89. The third-order valence-corrected chi connectivity index (χ3v) is 4.34. The van der Waals surface area contributed by atoms with E-state index in [4.69, 9.17) is 5.73 Å². The zero-order valence-corrected chi connectivity index (χ0v) is 11.9. The summed E-state index contributed by atoms with van der Waals surface area (Å²) >= 11 is 0. The molecule has 0 atom stereocenters. The Morgan fingerprint density at radius 2 is 1.94 bits per heavy atom. The molecule has 18 heavy (non-hydrogen) atoms. The molecule has 0 saturated carbocycles.